The highest BCUT2D eigenvalue weighted by molar-refractivity contribution is 7.99. The number of halogens is 1. The van der Waals surface area contributed by atoms with Crippen molar-refractivity contribution in [3.05, 3.63) is 65.0 Å². The summed E-state index contributed by atoms with van der Waals surface area (Å²) in [7, 11) is 0. The summed E-state index contributed by atoms with van der Waals surface area (Å²) in [6.45, 7) is 4.39. The molecule has 6 nitrogen and oxygen atoms in total. The van der Waals surface area contributed by atoms with Crippen LogP contribution in [0.1, 0.15) is 16.7 Å². The number of carbonyl (C=O) groups is 1. The van der Waals surface area contributed by atoms with Crippen molar-refractivity contribution in [1.82, 2.24) is 25.5 Å². The third-order valence-corrected chi connectivity index (χ3v) is 4.90. The maximum Gasteiger partial charge on any atom is 0.230 e. The molecule has 0 saturated heterocycles. The van der Waals surface area contributed by atoms with Crippen LogP contribution >= 0.6 is 11.8 Å². The van der Waals surface area contributed by atoms with Crippen molar-refractivity contribution < 1.29 is 9.18 Å². The van der Waals surface area contributed by atoms with E-state index in [9.17, 15) is 9.18 Å². The van der Waals surface area contributed by atoms with Crippen molar-refractivity contribution in [3.8, 4) is 5.69 Å². The Morgan fingerprint density at radius 1 is 1.19 bits per heavy atom. The van der Waals surface area contributed by atoms with Crippen molar-refractivity contribution in [1.29, 1.82) is 0 Å². The SMILES string of the molecule is Cc1cccc(-n2nnnc2SCC(=O)NCc2ccc(F)cc2)c1C. The molecule has 0 aliphatic rings. The third kappa shape index (κ3) is 4.26. The summed E-state index contributed by atoms with van der Waals surface area (Å²) in [4.78, 5) is 12.1. The van der Waals surface area contributed by atoms with E-state index >= 15 is 0 Å². The van der Waals surface area contributed by atoms with Gasteiger partial charge in [-0.1, -0.05) is 36.0 Å². The third-order valence-electron chi connectivity index (χ3n) is 3.98. The lowest BCUT2D eigenvalue weighted by molar-refractivity contribution is -0.118. The van der Waals surface area contributed by atoms with Crippen molar-refractivity contribution in [2.45, 2.75) is 25.5 Å². The minimum atomic E-state index is -0.297. The van der Waals surface area contributed by atoms with Gasteiger partial charge in [-0.15, -0.1) is 5.10 Å². The minimum Gasteiger partial charge on any atom is -0.351 e. The molecule has 1 N–H and O–H groups in total. The first-order valence-electron chi connectivity index (χ1n) is 8.03. The summed E-state index contributed by atoms with van der Waals surface area (Å²) in [5.74, 6) is -0.254. The van der Waals surface area contributed by atoms with Crippen molar-refractivity contribution in [3.63, 3.8) is 0 Å². The van der Waals surface area contributed by atoms with E-state index in [1.54, 1.807) is 16.8 Å². The number of nitrogens with one attached hydrogen (secondary N) is 1. The number of hydrogen-bond acceptors (Lipinski definition) is 5. The van der Waals surface area contributed by atoms with E-state index in [0.717, 1.165) is 22.4 Å². The first-order valence-corrected chi connectivity index (χ1v) is 9.02. The topological polar surface area (TPSA) is 72.7 Å². The molecule has 0 spiro atoms. The summed E-state index contributed by atoms with van der Waals surface area (Å²) in [6.07, 6.45) is 0. The van der Waals surface area contributed by atoms with Crippen LogP contribution < -0.4 is 5.32 Å². The number of aryl methyl sites for hydroxylation is 1. The maximum absolute atomic E-state index is 12.9. The van der Waals surface area contributed by atoms with Crippen molar-refractivity contribution in [2.75, 3.05) is 5.75 Å². The largest absolute Gasteiger partial charge is 0.351 e. The maximum atomic E-state index is 12.9. The summed E-state index contributed by atoms with van der Waals surface area (Å²) >= 11 is 1.26. The van der Waals surface area contributed by atoms with E-state index in [0.29, 0.717) is 11.7 Å². The highest BCUT2D eigenvalue weighted by Gasteiger charge is 2.13. The number of tetrazole rings is 1. The van der Waals surface area contributed by atoms with Crippen LogP contribution in [0.3, 0.4) is 0 Å². The Labute approximate surface area is 154 Å². The van der Waals surface area contributed by atoms with E-state index in [1.807, 2.05) is 32.0 Å². The molecule has 0 aliphatic heterocycles. The summed E-state index contributed by atoms with van der Waals surface area (Å²) < 4.78 is 14.5. The highest BCUT2D eigenvalue weighted by Crippen LogP contribution is 2.22. The minimum absolute atomic E-state index is 0.144. The lowest BCUT2D eigenvalue weighted by Gasteiger charge is -2.09. The van der Waals surface area contributed by atoms with Gasteiger partial charge in [0.2, 0.25) is 11.1 Å². The molecule has 0 bridgehead atoms. The van der Waals surface area contributed by atoms with Crippen LogP contribution in [-0.2, 0) is 11.3 Å². The molecule has 3 aromatic rings. The molecule has 0 aliphatic carbocycles. The molecule has 0 fully saturated rings. The number of thioether (sulfide) groups is 1. The Morgan fingerprint density at radius 3 is 2.73 bits per heavy atom. The van der Waals surface area contributed by atoms with E-state index in [4.69, 9.17) is 0 Å². The molecule has 1 heterocycles. The van der Waals surface area contributed by atoms with Crippen LogP contribution in [0.4, 0.5) is 4.39 Å². The molecule has 3 rings (SSSR count). The Kier molecular flexibility index (Phi) is 5.62. The molecule has 0 saturated carbocycles. The van der Waals surface area contributed by atoms with Crippen LogP contribution in [0.2, 0.25) is 0 Å². The second kappa shape index (κ2) is 8.09. The monoisotopic (exact) mass is 371 g/mol. The quantitative estimate of drug-likeness (QED) is 0.675. The molecular weight excluding hydrogens is 353 g/mol. The molecule has 1 amide bonds. The fraction of sp³-hybridized carbons (Fsp3) is 0.222. The number of carbonyl (C=O) groups excluding carboxylic acids is 1. The van der Waals surface area contributed by atoms with Gasteiger partial charge in [-0.2, -0.15) is 4.68 Å². The van der Waals surface area contributed by atoms with Gasteiger partial charge in [-0.25, -0.2) is 4.39 Å². The zero-order chi connectivity index (χ0) is 18.5. The van der Waals surface area contributed by atoms with E-state index < -0.39 is 0 Å². The first kappa shape index (κ1) is 18.1. The molecule has 1 aromatic heterocycles. The fourth-order valence-electron chi connectivity index (χ4n) is 2.37. The van der Waals surface area contributed by atoms with Crippen LogP contribution in [0.5, 0.6) is 0 Å². The smallest absolute Gasteiger partial charge is 0.230 e. The van der Waals surface area contributed by atoms with Crippen molar-refractivity contribution >= 4 is 17.7 Å². The van der Waals surface area contributed by atoms with Gasteiger partial charge in [-0.3, -0.25) is 4.79 Å². The Morgan fingerprint density at radius 2 is 1.96 bits per heavy atom. The van der Waals surface area contributed by atoms with E-state index in [-0.39, 0.29) is 17.5 Å². The van der Waals surface area contributed by atoms with E-state index in [1.165, 1.54) is 23.9 Å². The second-order valence-electron chi connectivity index (χ2n) is 5.78. The fourth-order valence-corrected chi connectivity index (χ4v) is 3.08. The lowest BCUT2D eigenvalue weighted by Crippen LogP contribution is -2.24. The number of rotatable bonds is 6. The molecule has 134 valence electrons. The van der Waals surface area contributed by atoms with Crippen LogP contribution in [-0.4, -0.2) is 31.9 Å². The summed E-state index contributed by atoms with van der Waals surface area (Å²) in [5, 5.41) is 15.1. The molecular formula is C18H18FN5OS. The van der Waals surface area contributed by atoms with E-state index in [2.05, 4.69) is 20.8 Å². The van der Waals surface area contributed by atoms with Gasteiger partial charge in [0.1, 0.15) is 5.82 Å². The highest BCUT2D eigenvalue weighted by atomic mass is 32.2. The summed E-state index contributed by atoms with van der Waals surface area (Å²) in [5.41, 5.74) is 3.96. The van der Waals surface area contributed by atoms with Crippen molar-refractivity contribution in [2.24, 2.45) is 0 Å². The Bertz CT molecular complexity index is 910. The van der Waals surface area contributed by atoms with Crippen LogP contribution in [0.15, 0.2) is 47.6 Å². The number of nitrogens with zero attached hydrogens (tertiary/aromatic N) is 4. The normalized spacial score (nSPS) is 10.7. The van der Waals surface area contributed by atoms with Crippen LogP contribution in [0, 0.1) is 19.7 Å². The zero-order valence-electron chi connectivity index (χ0n) is 14.4. The predicted octanol–water partition coefficient (Wildman–Crippen LogP) is 2.83. The zero-order valence-corrected chi connectivity index (χ0v) is 15.3. The predicted molar refractivity (Wildman–Crippen MR) is 97.6 cm³/mol. The molecule has 26 heavy (non-hydrogen) atoms. The standard InChI is InChI=1S/C18H18FN5OS/c1-12-4-3-5-16(13(12)2)24-18(21-22-23-24)26-11-17(25)20-10-14-6-8-15(19)9-7-14/h3-9H,10-11H2,1-2H3,(H,20,25). The van der Waals surface area contributed by atoms with Gasteiger partial charge in [0.05, 0.1) is 11.4 Å². The van der Waals surface area contributed by atoms with Gasteiger partial charge in [0, 0.05) is 6.54 Å². The number of aromatic nitrogens is 4. The first-order chi connectivity index (χ1) is 12.5. The second-order valence-corrected chi connectivity index (χ2v) is 6.73. The van der Waals surface area contributed by atoms with Gasteiger partial charge in [-0.05, 0) is 59.2 Å². The molecule has 0 atom stereocenters. The van der Waals surface area contributed by atoms with Crippen LogP contribution in [0.25, 0.3) is 5.69 Å². The molecule has 0 radical (unpaired) electrons. The number of hydrogen-bond donors (Lipinski definition) is 1. The average molecular weight is 371 g/mol. The van der Waals surface area contributed by atoms with Gasteiger partial charge >= 0.3 is 0 Å². The van der Waals surface area contributed by atoms with Gasteiger partial charge in [0.15, 0.2) is 0 Å². The molecule has 2 aromatic carbocycles. The number of benzene rings is 2. The number of amides is 1. The summed E-state index contributed by atoms with van der Waals surface area (Å²) in [6, 6.07) is 11.9. The van der Waals surface area contributed by atoms with Gasteiger partial charge < -0.3 is 5.32 Å². The molecule has 8 heteroatoms. The molecule has 0 unspecified atom stereocenters. The average Bonchev–Trinajstić information content (AvgIpc) is 3.10. The van der Waals surface area contributed by atoms with Gasteiger partial charge in [0.25, 0.3) is 0 Å². The lowest BCUT2D eigenvalue weighted by atomic mass is 10.1. The Balaban J connectivity index is 1.60. The Hall–Kier alpha value is -2.74.